The summed E-state index contributed by atoms with van der Waals surface area (Å²) in [5.74, 6) is -0.741. The first-order chi connectivity index (χ1) is 13.1. The first-order valence-electron chi connectivity index (χ1n) is 8.13. The van der Waals surface area contributed by atoms with E-state index in [9.17, 15) is 18.0 Å². The van der Waals surface area contributed by atoms with Gasteiger partial charge < -0.3 is 16.0 Å². The normalized spacial score (nSPS) is 11.6. The minimum atomic E-state index is -4.51. The van der Waals surface area contributed by atoms with Gasteiger partial charge in [-0.15, -0.1) is 0 Å². The molecule has 1 amide bonds. The summed E-state index contributed by atoms with van der Waals surface area (Å²) in [5, 5.41) is 0. The van der Waals surface area contributed by atoms with Gasteiger partial charge in [-0.3, -0.25) is 4.79 Å². The lowest BCUT2D eigenvalue weighted by molar-refractivity contribution is -0.137. The lowest BCUT2D eigenvalue weighted by Crippen LogP contribution is -2.10. The molecule has 28 heavy (non-hydrogen) atoms. The van der Waals surface area contributed by atoms with E-state index in [1.807, 2.05) is 6.92 Å². The van der Waals surface area contributed by atoms with Crippen LogP contribution in [-0.4, -0.2) is 20.4 Å². The van der Waals surface area contributed by atoms with E-state index < -0.39 is 17.6 Å². The van der Waals surface area contributed by atoms with Crippen LogP contribution in [0.25, 0.3) is 17.1 Å². The number of amides is 1. The summed E-state index contributed by atoms with van der Waals surface area (Å²) in [6, 6.07) is 4.93. The summed E-state index contributed by atoms with van der Waals surface area (Å²) in [4.78, 5) is 19.7. The Hall–Kier alpha value is -2.88. The lowest BCUT2D eigenvalue weighted by atomic mass is 10.1. The second-order valence-corrected chi connectivity index (χ2v) is 6.82. The van der Waals surface area contributed by atoms with Gasteiger partial charge in [0.1, 0.15) is 5.69 Å². The molecule has 0 atom stereocenters. The molecule has 4 N–H and O–H groups in total. The van der Waals surface area contributed by atoms with E-state index in [2.05, 4.69) is 25.9 Å². The molecular formula is C18H15BrF3N5O. The van der Waals surface area contributed by atoms with E-state index in [0.717, 1.165) is 12.1 Å². The molecule has 2 heterocycles. The molecule has 3 aromatic rings. The first-order valence-corrected chi connectivity index (χ1v) is 8.92. The van der Waals surface area contributed by atoms with E-state index in [4.69, 9.17) is 11.5 Å². The van der Waals surface area contributed by atoms with Gasteiger partial charge in [0.2, 0.25) is 11.9 Å². The number of rotatable bonds is 4. The van der Waals surface area contributed by atoms with Crippen molar-refractivity contribution < 1.29 is 18.0 Å². The molecule has 1 aromatic carbocycles. The zero-order chi connectivity index (χ0) is 20.6. The maximum atomic E-state index is 13.3. The van der Waals surface area contributed by atoms with Crippen LogP contribution < -0.4 is 11.5 Å². The maximum absolute atomic E-state index is 13.3. The molecule has 0 radical (unpaired) electrons. The Bertz CT molecular complexity index is 1060. The number of nitrogens with two attached hydrogens (primary N) is 2. The number of anilines is 1. The third kappa shape index (κ3) is 3.72. The van der Waals surface area contributed by atoms with Gasteiger partial charge in [0.15, 0.2) is 0 Å². The van der Waals surface area contributed by atoms with Crippen molar-refractivity contribution in [3.05, 3.63) is 57.8 Å². The van der Waals surface area contributed by atoms with E-state index in [1.54, 1.807) is 0 Å². The third-order valence-corrected chi connectivity index (χ3v) is 4.74. The van der Waals surface area contributed by atoms with Gasteiger partial charge in [0, 0.05) is 18.1 Å². The molecule has 0 spiro atoms. The lowest BCUT2D eigenvalue weighted by Gasteiger charge is -2.16. The number of hydrogen-bond acceptors (Lipinski definition) is 4. The summed E-state index contributed by atoms with van der Waals surface area (Å²) in [5.41, 5.74) is 12.0. The summed E-state index contributed by atoms with van der Waals surface area (Å²) in [7, 11) is 0. The quantitative estimate of drug-likeness (QED) is 0.624. The Kier molecular flexibility index (Phi) is 5.16. The molecule has 3 rings (SSSR count). The van der Waals surface area contributed by atoms with Crippen LogP contribution in [0.4, 0.5) is 19.1 Å². The minimum Gasteiger partial charge on any atom is -0.368 e. The Balaban J connectivity index is 2.33. The fourth-order valence-electron chi connectivity index (χ4n) is 2.80. The van der Waals surface area contributed by atoms with E-state index in [0.29, 0.717) is 27.8 Å². The van der Waals surface area contributed by atoms with Gasteiger partial charge in [-0.1, -0.05) is 13.0 Å². The van der Waals surface area contributed by atoms with Crippen LogP contribution in [0, 0.1) is 0 Å². The van der Waals surface area contributed by atoms with Crippen molar-refractivity contribution in [3.63, 3.8) is 0 Å². The number of benzene rings is 1. The number of hydrogen-bond donors (Lipinski definition) is 2. The molecule has 0 saturated carbocycles. The van der Waals surface area contributed by atoms with Gasteiger partial charge >= 0.3 is 6.18 Å². The maximum Gasteiger partial charge on any atom is 0.416 e. The zero-order valence-corrected chi connectivity index (χ0v) is 16.2. The second kappa shape index (κ2) is 7.27. The van der Waals surface area contributed by atoms with Crippen molar-refractivity contribution >= 4 is 27.8 Å². The highest BCUT2D eigenvalue weighted by atomic mass is 79.9. The molecule has 0 bridgehead atoms. The van der Waals surface area contributed by atoms with E-state index in [-0.39, 0.29) is 17.2 Å². The smallest absolute Gasteiger partial charge is 0.368 e. The number of halogens is 4. The standard InChI is InChI=1S/C18H15BrF3N5O/c1-2-9-3-4-11(18(20,21)22)6-13(9)27-8-10(16(23)28)5-14(27)15-12(19)7-25-17(24)26-15/h3-8H,2H2,1H3,(H2,23,28)(H2,24,25,26). The van der Waals surface area contributed by atoms with Crippen LogP contribution in [0.2, 0.25) is 0 Å². The molecule has 0 aliphatic carbocycles. The van der Waals surface area contributed by atoms with Crippen molar-refractivity contribution in [2.24, 2.45) is 5.73 Å². The highest BCUT2D eigenvalue weighted by molar-refractivity contribution is 9.10. The number of primary amides is 1. The summed E-state index contributed by atoms with van der Waals surface area (Å²) in [6.45, 7) is 1.82. The fraction of sp³-hybridized carbons (Fsp3) is 0.167. The number of carbonyl (C=O) groups excluding carboxylic acids is 1. The monoisotopic (exact) mass is 453 g/mol. The van der Waals surface area contributed by atoms with Crippen molar-refractivity contribution in [1.82, 2.24) is 14.5 Å². The molecule has 0 unspecified atom stereocenters. The van der Waals surface area contributed by atoms with Gasteiger partial charge in [-0.2, -0.15) is 13.2 Å². The van der Waals surface area contributed by atoms with Crippen molar-refractivity contribution in [3.8, 4) is 17.1 Å². The SMILES string of the molecule is CCc1ccc(C(F)(F)F)cc1-n1cc(C(N)=O)cc1-c1nc(N)ncc1Br. The highest BCUT2D eigenvalue weighted by Gasteiger charge is 2.31. The summed E-state index contributed by atoms with van der Waals surface area (Å²) < 4.78 is 41.7. The van der Waals surface area contributed by atoms with Gasteiger partial charge in [0.25, 0.3) is 0 Å². The van der Waals surface area contributed by atoms with Crippen LogP contribution in [0.3, 0.4) is 0 Å². The number of aromatic nitrogens is 3. The highest BCUT2D eigenvalue weighted by Crippen LogP contribution is 2.35. The van der Waals surface area contributed by atoms with Gasteiger partial charge in [-0.05, 0) is 46.1 Å². The predicted molar refractivity (Wildman–Crippen MR) is 102 cm³/mol. The van der Waals surface area contributed by atoms with Gasteiger partial charge in [0.05, 0.1) is 21.3 Å². The molecule has 2 aromatic heterocycles. The number of alkyl halides is 3. The molecule has 0 fully saturated rings. The Morgan fingerprint density at radius 1 is 1.29 bits per heavy atom. The average molecular weight is 454 g/mol. The topological polar surface area (TPSA) is 99.8 Å². The first kappa shape index (κ1) is 19.9. The second-order valence-electron chi connectivity index (χ2n) is 5.97. The zero-order valence-electron chi connectivity index (χ0n) is 14.6. The number of aryl methyl sites for hydroxylation is 1. The van der Waals surface area contributed by atoms with Crippen LogP contribution in [0.1, 0.15) is 28.4 Å². The Labute approximate surface area is 166 Å². The summed E-state index contributed by atoms with van der Waals surface area (Å²) in [6.07, 6.45) is -1.23. The van der Waals surface area contributed by atoms with E-state index in [1.165, 1.54) is 29.1 Å². The van der Waals surface area contributed by atoms with Crippen molar-refractivity contribution in [2.75, 3.05) is 5.73 Å². The fourth-order valence-corrected chi connectivity index (χ4v) is 3.20. The number of nitrogens with zero attached hydrogens (tertiary/aromatic N) is 3. The van der Waals surface area contributed by atoms with Crippen LogP contribution in [-0.2, 0) is 12.6 Å². The molecule has 10 heteroatoms. The number of nitrogen functional groups attached to an aromatic ring is 1. The van der Waals surface area contributed by atoms with E-state index >= 15 is 0 Å². The van der Waals surface area contributed by atoms with Crippen LogP contribution in [0.5, 0.6) is 0 Å². The molecular weight excluding hydrogens is 439 g/mol. The molecule has 146 valence electrons. The minimum absolute atomic E-state index is 0.0219. The summed E-state index contributed by atoms with van der Waals surface area (Å²) >= 11 is 3.31. The molecule has 0 aliphatic rings. The predicted octanol–water partition coefficient (Wildman–Crippen LogP) is 3.96. The van der Waals surface area contributed by atoms with Crippen molar-refractivity contribution in [1.29, 1.82) is 0 Å². The third-order valence-electron chi connectivity index (χ3n) is 4.16. The Morgan fingerprint density at radius 2 is 2.00 bits per heavy atom. The Morgan fingerprint density at radius 3 is 2.61 bits per heavy atom. The molecule has 6 nitrogen and oxygen atoms in total. The molecule has 0 aliphatic heterocycles. The van der Waals surface area contributed by atoms with Gasteiger partial charge in [-0.25, -0.2) is 9.97 Å². The average Bonchev–Trinajstić information content (AvgIpc) is 3.07. The van der Waals surface area contributed by atoms with Crippen LogP contribution in [0.15, 0.2) is 41.1 Å². The molecule has 0 saturated heterocycles. The number of carbonyl (C=O) groups is 1. The van der Waals surface area contributed by atoms with Crippen molar-refractivity contribution in [2.45, 2.75) is 19.5 Å². The largest absolute Gasteiger partial charge is 0.416 e. The van der Waals surface area contributed by atoms with Crippen LogP contribution >= 0.6 is 15.9 Å².